The highest BCUT2D eigenvalue weighted by atomic mass is 15.3. The minimum absolute atomic E-state index is 0.517. The number of hydrogen-bond donors (Lipinski definition) is 1. The molecule has 0 unspecified atom stereocenters. The molecule has 2 rings (SSSR count). The van der Waals surface area contributed by atoms with Gasteiger partial charge in [-0.3, -0.25) is 4.68 Å². The highest BCUT2D eigenvalue weighted by molar-refractivity contribution is 5.28. The average Bonchev–Trinajstić information content (AvgIpc) is 2.38. The van der Waals surface area contributed by atoms with Crippen molar-refractivity contribution in [3.63, 3.8) is 0 Å². The molecular weight excluding hydrogens is 174 g/mol. The summed E-state index contributed by atoms with van der Waals surface area (Å²) >= 11 is 0. The lowest BCUT2D eigenvalue weighted by atomic mass is 9.67. The van der Waals surface area contributed by atoms with Gasteiger partial charge in [-0.05, 0) is 31.6 Å². The van der Waals surface area contributed by atoms with Gasteiger partial charge in [-0.2, -0.15) is 5.10 Å². The van der Waals surface area contributed by atoms with Gasteiger partial charge in [0, 0.05) is 18.3 Å². The summed E-state index contributed by atoms with van der Waals surface area (Å²) in [5, 5.41) is 4.32. The third-order valence-corrected chi connectivity index (χ3v) is 3.65. The third kappa shape index (κ3) is 1.51. The topological polar surface area (TPSA) is 43.8 Å². The Kier molecular flexibility index (Phi) is 2.25. The number of anilines is 1. The molecule has 1 aromatic rings. The Morgan fingerprint density at radius 1 is 1.57 bits per heavy atom. The standard InChI is InChI=1S/C11H19N3/c1-3-11(5-4-6-11)8-14-9(2)7-10(12)13-14/h7H,3-6,8H2,1-2H3,(H2,12,13). The molecule has 0 aromatic carbocycles. The largest absolute Gasteiger partial charge is 0.382 e. The van der Waals surface area contributed by atoms with E-state index in [4.69, 9.17) is 5.73 Å². The first-order chi connectivity index (χ1) is 6.65. The number of aryl methyl sites for hydroxylation is 1. The molecular formula is C11H19N3. The number of nitrogen functional groups attached to an aromatic ring is 1. The maximum atomic E-state index is 5.67. The zero-order valence-corrected chi connectivity index (χ0v) is 9.08. The molecule has 0 atom stereocenters. The van der Waals surface area contributed by atoms with Crippen molar-refractivity contribution in [1.29, 1.82) is 0 Å². The van der Waals surface area contributed by atoms with Crippen LogP contribution in [0.25, 0.3) is 0 Å². The van der Waals surface area contributed by atoms with Crippen LogP contribution in [0.3, 0.4) is 0 Å². The molecule has 3 nitrogen and oxygen atoms in total. The second-order valence-corrected chi connectivity index (χ2v) is 4.58. The number of rotatable bonds is 3. The first-order valence-corrected chi connectivity index (χ1v) is 5.45. The normalized spacial score (nSPS) is 19.3. The number of nitrogens with two attached hydrogens (primary N) is 1. The molecule has 0 spiro atoms. The Morgan fingerprint density at radius 2 is 2.29 bits per heavy atom. The molecule has 3 heteroatoms. The highest BCUT2D eigenvalue weighted by Gasteiger charge is 2.35. The molecule has 1 saturated carbocycles. The van der Waals surface area contributed by atoms with Crippen molar-refractivity contribution in [2.24, 2.45) is 5.41 Å². The van der Waals surface area contributed by atoms with Gasteiger partial charge in [0.15, 0.2) is 0 Å². The summed E-state index contributed by atoms with van der Waals surface area (Å²) < 4.78 is 2.07. The predicted molar refractivity (Wildman–Crippen MR) is 58.0 cm³/mol. The van der Waals surface area contributed by atoms with Gasteiger partial charge in [-0.1, -0.05) is 13.3 Å². The molecule has 0 bridgehead atoms. The molecule has 1 aromatic heterocycles. The second kappa shape index (κ2) is 3.30. The van der Waals surface area contributed by atoms with Gasteiger partial charge in [0.25, 0.3) is 0 Å². The van der Waals surface area contributed by atoms with Crippen LogP contribution in [-0.2, 0) is 6.54 Å². The molecule has 14 heavy (non-hydrogen) atoms. The Balaban J connectivity index is 2.13. The SMILES string of the molecule is CCC1(Cn2nc(N)cc2C)CCC1. The zero-order chi connectivity index (χ0) is 10.2. The quantitative estimate of drug-likeness (QED) is 0.800. The van der Waals surface area contributed by atoms with Crippen LogP contribution < -0.4 is 5.73 Å². The molecule has 78 valence electrons. The van der Waals surface area contributed by atoms with Crippen LogP contribution in [0.15, 0.2) is 6.07 Å². The molecule has 0 aliphatic heterocycles. The van der Waals surface area contributed by atoms with Gasteiger partial charge in [0.2, 0.25) is 0 Å². The molecule has 1 fully saturated rings. The molecule has 1 aliphatic rings. The predicted octanol–water partition coefficient (Wildman–Crippen LogP) is 2.35. The van der Waals surface area contributed by atoms with Crippen molar-refractivity contribution in [2.75, 3.05) is 5.73 Å². The van der Waals surface area contributed by atoms with Crippen LogP contribution in [0.5, 0.6) is 0 Å². The molecule has 0 radical (unpaired) electrons. The van der Waals surface area contributed by atoms with Crippen molar-refractivity contribution in [3.8, 4) is 0 Å². The van der Waals surface area contributed by atoms with Crippen LogP contribution >= 0.6 is 0 Å². The van der Waals surface area contributed by atoms with Crippen molar-refractivity contribution in [3.05, 3.63) is 11.8 Å². The number of aromatic nitrogens is 2. The van der Waals surface area contributed by atoms with Crippen LogP contribution in [-0.4, -0.2) is 9.78 Å². The maximum absolute atomic E-state index is 5.67. The lowest BCUT2D eigenvalue weighted by Gasteiger charge is -2.41. The molecule has 1 aliphatic carbocycles. The number of nitrogens with zero attached hydrogens (tertiary/aromatic N) is 2. The summed E-state index contributed by atoms with van der Waals surface area (Å²) in [6.45, 7) is 5.40. The Morgan fingerprint density at radius 3 is 2.64 bits per heavy atom. The fourth-order valence-electron chi connectivity index (χ4n) is 2.31. The lowest BCUT2D eigenvalue weighted by molar-refractivity contribution is 0.0941. The van der Waals surface area contributed by atoms with E-state index in [0.29, 0.717) is 11.2 Å². The first-order valence-electron chi connectivity index (χ1n) is 5.45. The molecule has 2 N–H and O–H groups in total. The monoisotopic (exact) mass is 193 g/mol. The van der Waals surface area contributed by atoms with Gasteiger partial charge in [0.05, 0.1) is 0 Å². The summed E-state index contributed by atoms with van der Waals surface area (Å²) in [6.07, 6.45) is 5.33. The lowest BCUT2D eigenvalue weighted by Crippen LogP contribution is -2.34. The van der Waals surface area contributed by atoms with E-state index in [1.165, 1.54) is 31.4 Å². The van der Waals surface area contributed by atoms with Gasteiger partial charge in [-0.15, -0.1) is 0 Å². The Bertz CT molecular complexity index is 318. The van der Waals surface area contributed by atoms with Crippen LogP contribution in [0, 0.1) is 12.3 Å². The highest BCUT2D eigenvalue weighted by Crippen LogP contribution is 2.45. The summed E-state index contributed by atoms with van der Waals surface area (Å²) in [5.41, 5.74) is 7.37. The van der Waals surface area contributed by atoms with Gasteiger partial charge in [0.1, 0.15) is 5.82 Å². The minimum atomic E-state index is 0.517. The molecule has 0 saturated heterocycles. The van der Waals surface area contributed by atoms with Gasteiger partial charge >= 0.3 is 0 Å². The average molecular weight is 193 g/mol. The molecule has 1 heterocycles. The number of hydrogen-bond acceptors (Lipinski definition) is 2. The molecule has 0 amide bonds. The summed E-state index contributed by atoms with van der Waals surface area (Å²) in [7, 11) is 0. The van der Waals surface area contributed by atoms with E-state index < -0.39 is 0 Å². The van der Waals surface area contributed by atoms with E-state index in [1.807, 2.05) is 6.07 Å². The summed E-state index contributed by atoms with van der Waals surface area (Å²) in [5.74, 6) is 0.646. The van der Waals surface area contributed by atoms with Gasteiger partial charge < -0.3 is 5.73 Å². The minimum Gasteiger partial charge on any atom is -0.382 e. The Hall–Kier alpha value is -0.990. The second-order valence-electron chi connectivity index (χ2n) is 4.58. The van der Waals surface area contributed by atoms with Crippen LogP contribution in [0.1, 0.15) is 38.3 Å². The van der Waals surface area contributed by atoms with Gasteiger partial charge in [-0.25, -0.2) is 0 Å². The third-order valence-electron chi connectivity index (χ3n) is 3.65. The van der Waals surface area contributed by atoms with E-state index in [1.54, 1.807) is 0 Å². The fourth-order valence-corrected chi connectivity index (χ4v) is 2.31. The van der Waals surface area contributed by atoms with E-state index in [-0.39, 0.29) is 0 Å². The van der Waals surface area contributed by atoms with E-state index in [2.05, 4.69) is 23.6 Å². The smallest absolute Gasteiger partial charge is 0.145 e. The first kappa shape index (κ1) is 9.56. The Labute approximate surface area is 85.3 Å². The van der Waals surface area contributed by atoms with E-state index in [0.717, 1.165) is 6.54 Å². The van der Waals surface area contributed by atoms with E-state index in [9.17, 15) is 0 Å². The van der Waals surface area contributed by atoms with Crippen molar-refractivity contribution < 1.29 is 0 Å². The summed E-state index contributed by atoms with van der Waals surface area (Å²) in [6, 6.07) is 1.95. The zero-order valence-electron chi connectivity index (χ0n) is 9.08. The van der Waals surface area contributed by atoms with Crippen LogP contribution in [0.4, 0.5) is 5.82 Å². The van der Waals surface area contributed by atoms with E-state index >= 15 is 0 Å². The summed E-state index contributed by atoms with van der Waals surface area (Å²) in [4.78, 5) is 0. The van der Waals surface area contributed by atoms with Crippen LogP contribution in [0.2, 0.25) is 0 Å². The van der Waals surface area contributed by atoms with Crippen molar-refractivity contribution >= 4 is 5.82 Å². The maximum Gasteiger partial charge on any atom is 0.145 e. The van der Waals surface area contributed by atoms with Crippen molar-refractivity contribution in [1.82, 2.24) is 9.78 Å². The van der Waals surface area contributed by atoms with Crippen molar-refractivity contribution in [2.45, 2.75) is 46.1 Å². The fraction of sp³-hybridized carbons (Fsp3) is 0.727.